The Balaban J connectivity index is 2.10. The predicted molar refractivity (Wildman–Crippen MR) is 68.6 cm³/mol. The van der Waals surface area contributed by atoms with Crippen LogP contribution in [0.3, 0.4) is 0 Å². The van der Waals surface area contributed by atoms with E-state index in [2.05, 4.69) is 10.2 Å². The third-order valence-electron chi connectivity index (χ3n) is 3.72. The lowest BCUT2D eigenvalue weighted by Crippen LogP contribution is -2.52. The van der Waals surface area contributed by atoms with Gasteiger partial charge in [0.25, 0.3) is 5.91 Å². The molecule has 0 bridgehead atoms. The van der Waals surface area contributed by atoms with Gasteiger partial charge in [-0.3, -0.25) is 4.79 Å². The first kappa shape index (κ1) is 13.9. The Hall–Kier alpha value is -1.53. The lowest BCUT2D eigenvalue weighted by Gasteiger charge is -2.39. The first-order valence-electron chi connectivity index (χ1n) is 6.40. The van der Waals surface area contributed by atoms with Crippen molar-refractivity contribution in [2.45, 2.75) is 37.5 Å². The molecule has 1 fully saturated rings. The van der Waals surface area contributed by atoms with Crippen LogP contribution in [0.5, 0.6) is 0 Å². The van der Waals surface area contributed by atoms with Crippen molar-refractivity contribution in [2.75, 3.05) is 14.2 Å². The lowest BCUT2D eigenvalue weighted by molar-refractivity contribution is -0.0714. The third kappa shape index (κ3) is 2.90. The number of carbonyl (C=O) groups is 1. The monoisotopic (exact) mass is 265 g/mol. The second kappa shape index (κ2) is 6.08. The van der Waals surface area contributed by atoms with E-state index in [1.165, 1.54) is 12.4 Å². The van der Waals surface area contributed by atoms with E-state index in [0.29, 0.717) is 5.56 Å². The Labute approximate surface area is 112 Å². The summed E-state index contributed by atoms with van der Waals surface area (Å²) in [5.41, 5.74) is 0.476. The number of nitrogens with zero attached hydrogens (tertiary/aromatic N) is 3. The van der Waals surface area contributed by atoms with Crippen molar-refractivity contribution in [2.24, 2.45) is 0 Å². The molecule has 0 aromatic carbocycles. The Morgan fingerprint density at radius 1 is 1.47 bits per heavy atom. The smallest absolute Gasteiger partial charge is 0.255 e. The second-order valence-corrected chi connectivity index (χ2v) is 4.81. The van der Waals surface area contributed by atoms with E-state index in [0.717, 1.165) is 19.3 Å². The van der Waals surface area contributed by atoms with Crippen LogP contribution in [-0.2, 0) is 4.74 Å². The molecule has 1 heterocycles. The van der Waals surface area contributed by atoms with Crippen LogP contribution in [0.25, 0.3) is 0 Å². The number of hydrogen-bond acceptors (Lipinski definition) is 5. The molecule has 1 aromatic rings. The number of hydrogen-bond donors (Lipinski definition) is 1. The molecular weight excluding hydrogens is 246 g/mol. The topological polar surface area (TPSA) is 75.5 Å². The quantitative estimate of drug-likeness (QED) is 0.860. The van der Waals surface area contributed by atoms with E-state index < -0.39 is 6.10 Å². The molecule has 0 radical (unpaired) electrons. The molecule has 1 aliphatic carbocycles. The Bertz CT molecular complexity index is 426. The van der Waals surface area contributed by atoms with Crippen LogP contribution in [-0.4, -0.2) is 58.5 Å². The fourth-order valence-corrected chi connectivity index (χ4v) is 2.57. The molecular formula is C13H19N3O3. The highest BCUT2D eigenvalue weighted by molar-refractivity contribution is 5.93. The predicted octanol–water partition coefficient (Wildman–Crippen LogP) is 0.477. The van der Waals surface area contributed by atoms with Crippen molar-refractivity contribution in [3.8, 4) is 0 Å². The fourth-order valence-electron chi connectivity index (χ4n) is 2.57. The number of aromatic nitrogens is 2. The van der Waals surface area contributed by atoms with Gasteiger partial charge in [0, 0.05) is 14.2 Å². The highest BCUT2D eigenvalue weighted by Gasteiger charge is 2.36. The van der Waals surface area contributed by atoms with E-state index >= 15 is 0 Å². The third-order valence-corrected chi connectivity index (χ3v) is 3.72. The zero-order chi connectivity index (χ0) is 13.8. The standard InChI is InChI=1S/C13H19N3O3/c1-16(13(18)9-6-7-14-15-8-9)10-4-3-5-11(19-2)12(10)17/h6-8,10-12,17H,3-5H2,1-2H3/t10-,11-,12-/m1/s1. The summed E-state index contributed by atoms with van der Waals surface area (Å²) in [4.78, 5) is 13.9. The van der Waals surface area contributed by atoms with Crippen molar-refractivity contribution >= 4 is 5.91 Å². The average Bonchev–Trinajstić information content (AvgIpc) is 2.47. The van der Waals surface area contributed by atoms with Crippen LogP contribution in [0.15, 0.2) is 18.5 Å². The van der Waals surface area contributed by atoms with Gasteiger partial charge >= 0.3 is 0 Å². The molecule has 0 aliphatic heterocycles. The molecule has 1 aromatic heterocycles. The SMILES string of the molecule is CO[C@@H]1CCC[C@@H](N(C)C(=O)c2ccnnc2)[C@H]1O. The van der Waals surface area contributed by atoms with Gasteiger partial charge in [-0.1, -0.05) is 0 Å². The first-order chi connectivity index (χ1) is 9.15. The lowest BCUT2D eigenvalue weighted by atomic mass is 9.89. The molecule has 104 valence electrons. The molecule has 1 aliphatic rings. The number of ether oxygens (including phenoxy) is 1. The van der Waals surface area contributed by atoms with Crippen molar-refractivity contribution < 1.29 is 14.6 Å². The molecule has 0 saturated heterocycles. The van der Waals surface area contributed by atoms with E-state index in [1.54, 1.807) is 25.1 Å². The number of aliphatic hydroxyl groups is 1. The number of methoxy groups -OCH3 is 1. The maximum absolute atomic E-state index is 12.3. The molecule has 6 heteroatoms. The minimum Gasteiger partial charge on any atom is -0.388 e. The van der Waals surface area contributed by atoms with Crippen molar-refractivity contribution in [3.05, 3.63) is 24.0 Å². The molecule has 1 N–H and O–H groups in total. The van der Waals surface area contributed by atoms with Gasteiger partial charge in [0.05, 0.1) is 30.1 Å². The van der Waals surface area contributed by atoms with Crippen molar-refractivity contribution in [1.82, 2.24) is 15.1 Å². The van der Waals surface area contributed by atoms with Crippen molar-refractivity contribution in [1.29, 1.82) is 0 Å². The second-order valence-electron chi connectivity index (χ2n) is 4.81. The molecule has 19 heavy (non-hydrogen) atoms. The number of likely N-dealkylation sites (N-methyl/N-ethyl adjacent to an activating group) is 1. The van der Waals surface area contributed by atoms with Crippen LogP contribution in [0.4, 0.5) is 0 Å². The van der Waals surface area contributed by atoms with E-state index in [-0.39, 0.29) is 18.1 Å². The highest BCUT2D eigenvalue weighted by Crippen LogP contribution is 2.25. The van der Waals surface area contributed by atoms with Crippen LogP contribution < -0.4 is 0 Å². The van der Waals surface area contributed by atoms with Gasteiger partial charge in [0.1, 0.15) is 6.10 Å². The van der Waals surface area contributed by atoms with Crippen LogP contribution in [0, 0.1) is 0 Å². The summed E-state index contributed by atoms with van der Waals surface area (Å²) in [7, 11) is 3.29. The normalized spacial score (nSPS) is 27.0. The van der Waals surface area contributed by atoms with Gasteiger partial charge in [0.2, 0.25) is 0 Å². The molecule has 0 unspecified atom stereocenters. The Kier molecular flexibility index (Phi) is 4.44. The summed E-state index contributed by atoms with van der Waals surface area (Å²) in [6.45, 7) is 0. The van der Waals surface area contributed by atoms with E-state index in [1.807, 2.05) is 0 Å². The van der Waals surface area contributed by atoms with Gasteiger partial charge in [-0.2, -0.15) is 10.2 Å². The average molecular weight is 265 g/mol. The summed E-state index contributed by atoms with van der Waals surface area (Å²) in [5.74, 6) is -0.157. The van der Waals surface area contributed by atoms with Crippen LogP contribution >= 0.6 is 0 Å². The summed E-state index contributed by atoms with van der Waals surface area (Å²) in [6, 6.07) is 1.40. The molecule has 2 rings (SSSR count). The zero-order valence-electron chi connectivity index (χ0n) is 11.2. The molecule has 1 saturated carbocycles. The van der Waals surface area contributed by atoms with Gasteiger partial charge in [-0.25, -0.2) is 0 Å². The van der Waals surface area contributed by atoms with E-state index in [4.69, 9.17) is 4.74 Å². The number of carbonyl (C=O) groups excluding carboxylic acids is 1. The largest absolute Gasteiger partial charge is 0.388 e. The summed E-state index contributed by atoms with van der Waals surface area (Å²) in [5, 5.41) is 17.6. The molecule has 6 nitrogen and oxygen atoms in total. The van der Waals surface area contributed by atoms with Gasteiger partial charge in [-0.15, -0.1) is 0 Å². The summed E-state index contributed by atoms with van der Waals surface area (Å²) >= 11 is 0. The summed E-state index contributed by atoms with van der Waals surface area (Å²) in [6.07, 6.45) is 4.60. The molecule has 0 spiro atoms. The number of aliphatic hydroxyl groups excluding tert-OH is 1. The molecule has 3 atom stereocenters. The van der Waals surface area contributed by atoms with Gasteiger partial charge in [0.15, 0.2) is 0 Å². The fraction of sp³-hybridized carbons (Fsp3) is 0.615. The first-order valence-corrected chi connectivity index (χ1v) is 6.40. The Morgan fingerprint density at radius 3 is 2.89 bits per heavy atom. The van der Waals surface area contributed by atoms with Crippen LogP contribution in [0.2, 0.25) is 0 Å². The van der Waals surface area contributed by atoms with Gasteiger partial charge in [-0.05, 0) is 25.3 Å². The minimum absolute atomic E-state index is 0.157. The highest BCUT2D eigenvalue weighted by atomic mass is 16.5. The Morgan fingerprint density at radius 2 is 2.26 bits per heavy atom. The van der Waals surface area contributed by atoms with Crippen LogP contribution in [0.1, 0.15) is 29.6 Å². The minimum atomic E-state index is -0.650. The number of amides is 1. The molecule has 1 amide bonds. The van der Waals surface area contributed by atoms with Gasteiger partial charge < -0.3 is 14.7 Å². The number of rotatable bonds is 3. The van der Waals surface area contributed by atoms with Crippen molar-refractivity contribution in [3.63, 3.8) is 0 Å². The maximum Gasteiger partial charge on any atom is 0.255 e. The van der Waals surface area contributed by atoms with E-state index in [9.17, 15) is 9.90 Å². The maximum atomic E-state index is 12.3. The summed E-state index contributed by atoms with van der Waals surface area (Å²) < 4.78 is 5.26. The zero-order valence-corrected chi connectivity index (χ0v) is 11.2.